The molecule has 0 saturated heterocycles. The Morgan fingerprint density at radius 3 is 1.62 bits per heavy atom. The van der Waals surface area contributed by atoms with Gasteiger partial charge in [0.2, 0.25) is 0 Å². The molecule has 198 valence electrons. The summed E-state index contributed by atoms with van der Waals surface area (Å²) in [5, 5.41) is 9.03. The second-order valence-electron chi connectivity index (χ2n) is 10.9. The Kier molecular flexibility index (Phi) is 5.35. The van der Waals surface area contributed by atoms with Gasteiger partial charge in [-0.2, -0.15) is 0 Å². The average Bonchev–Trinajstić information content (AvgIpc) is 3.53. The smallest absolute Gasteiger partial charge is 0.154 e. The van der Waals surface area contributed by atoms with Crippen molar-refractivity contribution in [3.05, 3.63) is 179 Å². The van der Waals surface area contributed by atoms with Crippen LogP contribution in [0.25, 0.3) is 33.4 Å². The van der Waals surface area contributed by atoms with E-state index in [1.54, 1.807) is 0 Å². The Bertz CT molecular complexity index is 2020. The quantitative estimate of drug-likeness (QED) is 0.172. The SMILES string of the molecule is N=C(/N=C(\N)c1ccccc1)c1ccccc1-c1cccc2c1-c1ccccc1C21c2ccccc2-c2ccccc21. The Hall–Kier alpha value is -5.54. The number of benzene rings is 6. The van der Waals surface area contributed by atoms with E-state index in [1.807, 2.05) is 48.5 Å². The van der Waals surface area contributed by atoms with Gasteiger partial charge in [-0.25, -0.2) is 4.99 Å². The van der Waals surface area contributed by atoms with Gasteiger partial charge < -0.3 is 5.73 Å². The van der Waals surface area contributed by atoms with Crippen molar-refractivity contribution in [2.45, 2.75) is 5.41 Å². The van der Waals surface area contributed by atoms with E-state index >= 15 is 0 Å². The maximum absolute atomic E-state index is 9.03. The Morgan fingerprint density at radius 1 is 0.476 bits per heavy atom. The molecule has 2 aliphatic carbocycles. The molecule has 3 heteroatoms. The minimum absolute atomic E-state index is 0.141. The number of fused-ring (bicyclic) bond motifs is 10. The number of rotatable bonds is 3. The van der Waals surface area contributed by atoms with Gasteiger partial charge in [0.05, 0.1) is 5.41 Å². The summed E-state index contributed by atoms with van der Waals surface area (Å²) in [5.74, 6) is 0.472. The van der Waals surface area contributed by atoms with Crippen LogP contribution in [0.2, 0.25) is 0 Å². The van der Waals surface area contributed by atoms with Crippen LogP contribution in [-0.2, 0) is 5.41 Å². The van der Waals surface area contributed by atoms with Crippen molar-refractivity contribution in [2.24, 2.45) is 10.7 Å². The maximum atomic E-state index is 9.03. The summed E-state index contributed by atoms with van der Waals surface area (Å²) in [5.41, 5.74) is 19.8. The number of hydrogen-bond acceptors (Lipinski definition) is 1. The molecule has 1 spiro atoms. The molecular formula is C39H27N3. The summed E-state index contributed by atoms with van der Waals surface area (Å²) in [4.78, 5) is 4.55. The van der Waals surface area contributed by atoms with Gasteiger partial charge in [-0.05, 0) is 55.6 Å². The molecule has 0 aromatic heterocycles. The zero-order valence-corrected chi connectivity index (χ0v) is 22.9. The molecule has 0 fully saturated rings. The second-order valence-corrected chi connectivity index (χ2v) is 10.9. The van der Waals surface area contributed by atoms with Crippen LogP contribution in [0.1, 0.15) is 33.4 Å². The number of aliphatic imine (C=N–C) groups is 1. The first-order valence-corrected chi connectivity index (χ1v) is 14.2. The minimum atomic E-state index is -0.409. The van der Waals surface area contributed by atoms with Crippen molar-refractivity contribution in [3.63, 3.8) is 0 Å². The molecule has 0 unspecified atom stereocenters. The highest BCUT2D eigenvalue weighted by Crippen LogP contribution is 2.63. The first-order valence-electron chi connectivity index (χ1n) is 14.2. The van der Waals surface area contributed by atoms with Gasteiger partial charge in [-0.1, -0.05) is 146 Å². The highest BCUT2D eigenvalue weighted by molar-refractivity contribution is 6.13. The molecule has 0 amide bonds. The van der Waals surface area contributed by atoms with Gasteiger partial charge >= 0.3 is 0 Å². The van der Waals surface area contributed by atoms with Crippen LogP contribution in [0.3, 0.4) is 0 Å². The minimum Gasteiger partial charge on any atom is -0.383 e. The van der Waals surface area contributed by atoms with Crippen LogP contribution in [0.5, 0.6) is 0 Å². The molecule has 3 N–H and O–H groups in total. The largest absolute Gasteiger partial charge is 0.383 e. The molecule has 42 heavy (non-hydrogen) atoms. The lowest BCUT2D eigenvalue weighted by molar-refractivity contribution is 0.794. The Morgan fingerprint density at radius 2 is 0.952 bits per heavy atom. The lowest BCUT2D eigenvalue weighted by atomic mass is 9.70. The third kappa shape index (κ3) is 3.28. The summed E-state index contributed by atoms with van der Waals surface area (Å²) in [6.45, 7) is 0. The summed E-state index contributed by atoms with van der Waals surface area (Å²) in [6.07, 6.45) is 0. The fraction of sp³-hybridized carbons (Fsp3) is 0.0256. The van der Waals surface area contributed by atoms with E-state index in [9.17, 15) is 0 Å². The molecular weight excluding hydrogens is 510 g/mol. The van der Waals surface area contributed by atoms with E-state index in [1.165, 1.54) is 44.5 Å². The normalized spacial score (nSPS) is 13.8. The average molecular weight is 538 g/mol. The molecule has 0 atom stereocenters. The summed E-state index contributed by atoms with van der Waals surface area (Å²) < 4.78 is 0. The van der Waals surface area contributed by atoms with E-state index in [-0.39, 0.29) is 5.84 Å². The van der Waals surface area contributed by atoms with Crippen molar-refractivity contribution in [1.29, 1.82) is 5.41 Å². The lowest BCUT2D eigenvalue weighted by Gasteiger charge is -2.30. The first kappa shape index (κ1) is 24.3. The van der Waals surface area contributed by atoms with Crippen LogP contribution in [0.4, 0.5) is 0 Å². The van der Waals surface area contributed by atoms with Crippen LogP contribution in [-0.4, -0.2) is 11.7 Å². The van der Waals surface area contributed by atoms with E-state index in [4.69, 9.17) is 11.1 Å². The van der Waals surface area contributed by atoms with Gasteiger partial charge in [-0.15, -0.1) is 0 Å². The highest BCUT2D eigenvalue weighted by Gasteiger charge is 2.51. The fourth-order valence-electron chi connectivity index (χ4n) is 7.15. The molecule has 3 nitrogen and oxygen atoms in total. The van der Waals surface area contributed by atoms with Crippen LogP contribution < -0.4 is 5.73 Å². The Balaban J connectivity index is 1.38. The van der Waals surface area contributed by atoms with E-state index in [0.29, 0.717) is 5.84 Å². The van der Waals surface area contributed by atoms with Gasteiger partial charge in [0.15, 0.2) is 5.84 Å². The van der Waals surface area contributed by atoms with E-state index < -0.39 is 5.41 Å². The maximum Gasteiger partial charge on any atom is 0.154 e. The zero-order valence-electron chi connectivity index (χ0n) is 22.9. The van der Waals surface area contributed by atoms with Crippen molar-refractivity contribution < 1.29 is 0 Å². The summed E-state index contributed by atoms with van der Waals surface area (Å²) in [6, 6.07) is 50.8. The first-order chi connectivity index (χ1) is 20.7. The van der Waals surface area contributed by atoms with Gasteiger partial charge in [-0.3, -0.25) is 5.41 Å². The standard InChI is InChI=1S/C39H27N3/c40-37(25-13-2-1-3-14-25)42-38(41)30-18-5-4-15-26(30)29-20-12-24-35-36(29)31-19-8-11-23-34(31)39(35)32-21-9-6-16-27(32)28-17-7-10-22-33(28)39/h1-24H,(H3,40,41,42). The zero-order chi connectivity index (χ0) is 28.3. The molecule has 2 aliphatic rings. The van der Waals surface area contributed by atoms with E-state index in [2.05, 4.69) is 102 Å². The number of hydrogen-bond donors (Lipinski definition) is 2. The van der Waals surface area contributed by atoms with Crippen molar-refractivity contribution in [1.82, 2.24) is 0 Å². The summed E-state index contributed by atoms with van der Waals surface area (Å²) in [7, 11) is 0. The Labute approximate surface area is 245 Å². The third-order valence-electron chi connectivity index (χ3n) is 8.80. The van der Waals surface area contributed by atoms with Crippen molar-refractivity contribution >= 4 is 11.7 Å². The monoisotopic (exact) mass is 537 g/mol. The molecule has 6 aromatic rings. The van der Waals surface area contributed by atoms with Crippen molar-refractivity contribution in [3.8, 4) is 33.4 Å². The number of amidine groups is 2. The molecule has 6 aromatic carbocycles. The molecule has 0 bridgehead atoms. The summed E-state index contributed by atoms with van der Waals surface area (Å²) >= 11 is 0. The number of nitrogens with one attached hydrogen (secondary N) is 1. The van der Waals surface area contributed by atoms with Crippen LogP contribution in [0, 0.1) is 5.41 Å². The fourth-order valence-corrected chi connectivity index (χ4v) is 7.15. The molecule has 0 aliphatic heterocycles. The predicted octanol–water partition coefficient (Wildman–Crippen LogP) is 8.43. The second kappa shape index (κ2) is 9.25. The van der Waals surface area contributed by atoms with Crippen LogP contribution in [0.15, 0.2) is 151 Å². The lowest BCUT2D eigenvalue weighted by Crippen LogP contribution is -2.25. The van der Waals surface area contributed by atoms with Crippen LogP contribution >= 0.6 is 0 Å². The predicted molar refractivity (Wildman–Crippen MR) is 172 cm³/mol. The molecule has 0 saturated carbocycles. The van der Waals surface area contributed by atoms with Gasteiger partial charge in [0.1, 0.15) is 5.84 Å². The molecule has 0 radical (unpaired) electrons. The number of nitrogens with two attached hydrogens (primary N) is 1. The van der Waals surface area contributed by atoms with Crippen molar-refractivity contribution in [2.75, 3.05) is 0 Å². The number of nitrogens with zero attached hydrogens (tertiary/aromatic N) is 1. The van der Waals surface area contributed by atoms with Gasteiger partial charge in [0, 0.05) is 11.1 Å². The topological polar surface area (TPSA) is 62.2 Å². The van der Waals surface area contributed by atoms with E-state index in [0.717, 1.165) is 22.3 Å². The molecule has 0 heterocycles. The third-order valence-corrected chi connectivity index (χ3v) is 8.80. The molecule has 8 rings (SSSR count). The van der Waals surface area contributed by atoms with Gasteiger partial charge in [0.25, 0.3) is 0 Å². The highest BCUT2D eigenvalue weighted by atomic mass is 14.9.